The molecule has 0 fully saturated rings. The predicted octanol–water partition coefficient (Wildman–Crippen LogP) is 5.10. The Morgan fingerprint density at radius 1 is 1.07 bits per heavy atom. The van der Waals surface area contributed by atoms with Gasteiger partial charge in [0.1, 0.15) is 10.6 Å². The van der Waals surface area contributed by atoms with E-state index in [0.717, 1.165) is 10.8 Å². The first-order valence-corrected chi connectivity index (χ1v) is 9.68. The molecule has 0 atom stereocenters. The Balaban J connectivity index is 1.61. The average molecular weight is 381 g/mol. The van der Waals surface area contributed by atoms with Gasteiger partial charge in [0.15, 0.2) is 0 Å². The fraction of sp³-hybridized carbons (Fsp3) is 0.273. The zero-order valence-electron chi connectivity index (χ0n) is 15.7. The third-order valence-electron chi connectivity index (χ3n) is 4.69. The molecule has 5 heteroatoms. The van der Waals surface area contributed by atoms with Crippen LogP contribution in [-0.2, 0) is 11.8 Å². The van der Waals surface area contributed by atoms with Crippen LogP contribution < -0.4 is 4.74 Å². The number of carbonyl (C=O) groups is 1. The van der Waals surface area contributed by atoms with Gasteiger partial charge in [-0.1, -0.05) is 56.3 Å². The molecule has 0 spiro atoms. The summed E-state index contributed by atoms with van der Waals surface area (Å²) >= 11 is 1.22. The maximum absolute atomic E-state index is 11.1. The summed E-state index contributed by atoms with van der Waals surface area (Å²) in [6.07, 6.45) is 0.593. The molecular weight excluding hydrogens is 358 g/mol. The van der Waals surface area contributed by atoms with E-state index in [0.29, 0.717) is 23.6 Å². The minimum Gasteiger partial charge on any atom is -0.493 e. The first kappa shape index (κ1) is 19.1. The number of hydrogen-bond acceptors (Lipinski definition) is 4. The van der Waals surface area contributed by atoms with Crippen molar-refractivity contribution in [3.63, 3.8) is 0 Å². The Labute approximate surface area is 163 Å². The number of aryl methyl sites for hydroxylation is 1. The van der Waals surface area contributed by atoms with E-state index < -0.39 is 5.97 Å². The summed E-state index contributed by atoms with van der Waals surface area (Å²) in [6, 6.07) is 18.6. The van der Waals surface area contributed by atoms with Crippen molar-refractivity contribution in [3.05, 3.63) is 81.3 Å². The van der Waals surface area contributed by atoms with Crippen LogP contribution in [0.25, 0.3) is 0 Å². The molecule has 1 N–H and O–H groups in total. The van der Waals surface area contributed by atoms with Crippen molar-refractivity contribution in [1.82, 2.24) is 4.98 Å². The fourth-order valence-electron chi connectivity index (χ4n) is 3.00. The maximum atomic E-state index is 11.1. The Morgan fingerprint density at radius 3 is 2.30 bits per heavy atom. The van der Waals surface area contributed by atoms with E-state index in [1.807, 2.05) is 18.2 Å². The summed E-state index contributed by atoms with van der Waals surface area (Å²) in [4.78, 5) is 15.7. The summed E-state index contributed by atoms with van der Waals surface area (Å²) in [5.41, 5.74) is 2.98. The number of benzene rings is 2. The Morgan fingerprint density at radius 2 is 1.70 bits per heavy atom. The lowest BCUT2D eigenvalue weighted by atomic mass is 9.78. The minimum atomic E-state index is -0.922. The second kappa shape index (κ2) is 7.92. The molecule has 0 saturated heterocycles. The summed E-state index contributed by atoms with van der Waals surface area (Å²) in [7, 11) is 0. The van der Waals surface area contributed by atoms with Crippen LogP contribution in [0.4, 0.5) is 0 Å². The topological polar surface area (TPSA) is 59.4 Å². The largest absolute Gasteiger partial charge is 0.493 e. The normalized spacial score (nSPS) is 11.4. The molecule has 0 aliphatic heterocycles. The molecule has 1 heterocycles. The van der Waals surface area contributed by atoms with Crippen molar-refractivity contribution in [2.75, 3.05) is 6.61 Å². The third-order valence-corrected chi connectivity index (χ3v) is 5.90. The van der Waals surface area contributed by atoms with Gasteiger partial charge < -0.3 is 9.84 Å². The van der Waals surface area contributed by atoms with E-state index in [1.54, 1.807) is 6.92 Å². The molecule has 140 valence electrons. The van der Waals surface area contributed by atoms with Crippen LogP contribution in [0.2, 0.25) is 0 Å². The van der Waals surface area contributed by atoms with Gasteiger partial charge in [-0.3, -0.25) is 0 Å². The monoisotopic (exact) mass is 381 g/mol. The quantitative estimate of drug-likeness (QED) is 0.619. The molecule has 2 aromatic carbocycles. The van der Waals surface area contributed by atoms with Gasteiger partial charge in [0, 0.05) is 11.8 Å². The smallest absolute Gasteiger partial charge is 0.347 e. The van der Waals surface area contributed by atoms with Crippen molar-refractivity contribution < 1.29 is 14.6 Å². The highest BCUT2D eigenvalue weighted by molar-refractivity contribution is 7.13. The van der Waals surface area contributed by atoms with Crippen LogP contribution in [0.3, 0.4) is 0 Å². The number of carboxylic acid groups (broad SMARTS) is 1. The zero-order valence-corrected chi connectivity index (χ0v) is 16.5. The number of nitrogens with zero attached hydrogens (tertiary/aromatic N) is 1. The second-order valence-electron chi connectivity index (χ2n) is 6.94. The van der Waals surface area contributed by atoms with Gasteiger partial charge in [-0.15, -0.1) is 11.3 Å². The number of aromatic carboxylic acids is 1. The van der Waals surface area contributed by atoms with Gasteiger partial charge >= 0.3 is 5.97 Å². The third kappa shape index (κ3) is 4.37. The van der Waals surface area contributed by atoms with Crippen LogP contribution in [0, 0.1) is 6.92 Å². The van der Waals surface area contributed by atoms with Crippen LogP contribution in [0.1, 0.15) is 45.3 Å². The lowest BCUT2D eigenvalue weighted by Crippen LogP contribution is -2.18. The standard InChI is InChI=1S/C22H23NO3S/c1-15-20(21(24)25)27-19(23-15)13-14-26-18-11-9-17(10-12-18)22(2,3)16-7-5-4-6-8-16/h4-12H,13-14H2,1-3H3,(H,24,25). The summed E-state index contributed by atoms with van der Waals surface area (Å²) in [5, 5.41) is 9.88. The average Bonchev–Trinajstić information content (AvgIpc) is 3.04. The Bertz CT molecular complexity index is 914. The lowest BCUT2D eigenvalue weighted by molar-refractivity contribution is 0.0701. The van der Waals surface area contributed by atoms with Crippen molar-refractivity contribution in [1.29, 1.82) is 0 Å². The van der Waals surface area contributed by atoms with E-state index >= 15 is 0 Å². The summed E-state index contributed by atoms with van der Waals surface area (Å²) in [6.45, 7) is 6.61. The van der Waals surface area contributed by atoms with Gasteiger partial charge in [-0.2, -0.15) is 0 Å². The van der Waals surface area contributed by atoms with E-state index in [9.17, 15) is 4.79 Å². The number of rotatable bonds is 7. The van der Waals surface area contributed by atoms with Crippen molar-refractivity contribution in [3.8, 4) is 5.75 Å². The first-order chi connectivity index (χ1) is 12.9. The highest BCUT2D eigenvalue weighted by atomic mass is 32.1. The van der Waals surface area contributed by atoms with Crippen molar-refractivity contribution >= 4 is 17.3 Å². The van der Waals surface area contributed by atoms with Crippen LogP contribution in [0.5, 0.6) is 5.75 Å². The number of carboxylic acids is 1. The van der Waals surface area contributed by atoms with Crippen molar-refractivity contribution in [2.45, 2.75) is 32.6 Å². The lowest BCUT2D eigenvalue weighted by Gasteiger charge is -2.26. The maximum Gasteiger partial charge on any atom is 0.347 e. The minimum absolute atomic E-state index is 0.0779. The predicted molar refractivity (Wildman–Crippen MR) is 108 cm³/mol. The summed E-state index contributed by atoms with van der Waals surface area (Å²) in [5.74, 6) is -0.122. The van der Waals surface area contributed by atoms with Crippen molar-refractivity contribution in [2.24, 2.45) is 0 Å². The van der Waals surface area contributed by atoms with Gasteiger partial charge in [0.05, 0.1) is 17.3 Å². The second-order valence-corrected chi connectivity index (χ2v) is 8.02. The number of aromatic nitrogens is 1. The van der Waals surface area contributed by atoms with Crippen LogP contribution in [0.15, 0.2) is 54.6 Å². The number of ether oxygens (including phenoxy) is 1. The van der Waals surface area contributed by atoms with Gasteiger partial charge in [-0.05, 0) is 30.2 Å². The van der Waals surface area contributed by atoms with Crippen LogP contribution >= 0.6 is 11.3 Å². The SMILES string of the molecule is Cc1nc(CCOc2ccc(C(C)(C)c3ccccc3)cc2)sc1C(=O)O. The molecule has 3 rings (SSSR count). The van der Waals surface area contributed by atoms with Crippen LogP contribution in [-0.4, -0.2) is 22.7 Å². The number of thiazole rings is 1. The molecule has 0 aliphatic rings. The van der Waals surface area contributed by atoms with E-state index in [-0.39, 0.29) is 5.41 Å². The number of hydrogen-bond donors (Lipinski definition) is 1. The van der Waals surface area contributed by atoms with Gasteiger partial charge in [0.25, 0.3) is 0 Å². The van der Waals surface area contributed by atoms with E-state index in [4.69, 9.17) is 9.84 Å². The molecule has 27 heavy (non-hydrogen) atoms. The highest BCUT2D eigenvalue weighted by Crippen LogP contribution is 2.32. The highest BCUT2D eigenvalue weighted by Gasteiger charge is 2.22. The first-order valence-electron chi connectivity index (χ1n) is 8.86. The fourth-order valence-corrected chi connectivity index (χ4v) is 3.89. The molecule has 0 amide bonds. The molecule has 1 aromatic heterocycles. The van der Waals surface area contributed by atoms with E-state index in [1.165, 1.54) is 22.5 Å². The zero-order chi connectivity index (χ0) is 19.4. The van der Waals surface area contributed by atoms with Gasteiger partial charge in [-0.25, -0.2) is 9.78 Å². The molecule has 0 bridgehead atoms. The molecule has 4 nitrogen and oxygen atoms in total. The molecule has 0 saturated carbocycles. The Hall–Kier alpha value is -2.66. The van der Waals surface area contributed by atoms with Gasteiger partial charge in [0.2, 0.25) is 0 Å². The molecular formula is C22H23NO3S. The molecule has 0 radical (unpaired) electrons. The molecule has 0 unspecified atom stereocenters. The molecule has 3 aromatic rings. The summed E-state index contributed by atoms with van der Waals surface area (Å²) < 4.78 is 5.81. The Kier molecular flexibility index (Phi) is 5.61. The molecule has 0 aliphatic carbocycles. The van der Waals surface area contributed by atoms with E-state index in [2.05, 4.69) is 55.2 Å².